The highest BCUT2D eigenvalue weighted by atomic mass is 79.9. The van der Waals surface area contributed by atoms with Crippen molar-refractivity contribution in [3.63, 3.8) is 0 Å². The number of hydrogen-bond donors (Lipinski definition) is 1. The van der Waals surface area contributed by atoms with Gasteiger partial charge in [-0.3, -0.25) is 0 Å². The minimum atomic E-state index is 0.135. The molecule has 0 spiro atoms. The molecule has 102 valence electrons. The largest absolute Gasteiger partial charge is 0.375 e. The number of thiazole rings is 1. The van der Waals surface area contributed by atoms with Gasteiger partial charge in [0, 0.05) is 10.5 Å². The van der Waals surface area contributed by atoms with Crippen LogP contribution in [0.15, 0.2) is 46.4 Å². The van der Waals surface area contributed by atoms with Crippen LogP contribution in [0.25, 0.3) is 10.2 Å². The lowest BCUT2D eigenvalue weighted by Crippen LogP contribution is -2.08. The molecule has 1 aromatic heterocycles. The van der Waals surface area contributed by atoms with Crippen LogP contribution < -0.4 is 5.32 Å². The van der Waals surface area contributed by atoms with Gasteiger partial charge in [0.15, 0.2) is 0 Å². The molecule has 1 atom stereocenters. The highest BCUT2D eigenvalue weighted by molar-refractivity contribution is 9.10. The lowest BCUT2D eigenvalue weighted by Gasteiger charge is -2.18. The van der Waals surface area contributed by atoms with Crippen molar-refractivity contribution >= 4 is 54.8 Å². The van der Waals surface area contributed by atoms with E-state index in [9.17, 15) is 0 Å². The number of rotatable bonds is 3. The fourth-order valence-corrected chi connectivity index (χ4v) is 3.68. The van der Waals surface area contributed by atoms with E-state index in [1.807, 2.05) is 35.8 Å². The smallest absolute Gasteiger partial charge is 0.106 e. The second-order valence-electron chi connectivity index (χ2n) is 4.51. The van der Waals surface area contributed by atoms with E-state index >= 15 is 0 Å². The van der Waals surface area contributed by atoms with E-state index in [1.165, 1.54) is 5.56 Å². The van der Waals surface area contributed by atoms with Gasteiger partial charge in [0.2, 0.25) is 0 Å². The molecule has 5 heteroatoms. The fraction of sp³-hybridized carbons (Fsp3) is 0.133. The van der Waals surface area contributed by atoms with Crippen molar-refractivity contribution in [3.8, 4) is 0 Å². The molecule has 3 rings (SSSR count). The van der Waals surface area contributed by atoms with E-state index in [1.54, 1.807) is 11.3 Å². The lowest BCUT2D eigenvalue weighted by molar-refractivity contribution is 0.880. The van der Waals surface area contributed by atoms with Crippen molar-refractivity contribution in [2.24, 2.45) is 0 Å². The van der Waals surface area contributed by atoms with Gasteiger partial charge >= 0.3 is 0 Å². The molecule has 0 bridgehead atoms. The number of benzene rings is 2. The molecule has 0 aliphatic heterocycles. The van der Waals surface area contributed by atoms with Crippen LogP contribution in [0.2, 0.25) is 5.02 Å². The molecule has 0 amide bonds. The highest BCUT2D eigenvalue weighted by Gasteiger charge is 2.14. The first-order chi connectivity index (χ1) is 9.66. The molecule has 0 aliphatic rings. The monoisotopic (exact) mass is 366 g/mol. The number of aromatic nitrogens is 1. The Labute approximate surface area is 134 Å². The molecule has 1 unspecified atom stereocenters. The molecule has 1 N–H and O–H groups in total. The molecule has 0 saturated heterocycles. The predicted molar refractivity (Wildman–Crippen MR) is 90.8 cm³/mol. The Bertz CT molecular complexity index is 756. The minimum Gasteiger partial charge on any atom is -0.375 e. The van der Waals surface area contributed by atoms with Crippen LogP contribution in [0.3, 0.4) is 0 Å². The Morgan fingerprint density at radius 1 is 1.25 bits per heavy atom. The molecule has 0 saturated carbocycles. The number of hydrogen-bond acceptors (Lipinski definition) is 3. The van der Waals surface area contributed by atoms with Gasteiger partial charge in [-0.2, -0.15) is 0 Å². The summed E-state index contributed by atoms with van der Waals surface area (Å²) < 4.78 is 2.22. The summed E-state index contributed by atoms with van der Waals surface area (Å²) in [5.41, 5.74) is 4.86. The second kappa shape index (κ2) is 5.72. The predicted octanol–water partition coefficient (Wildman–Crippen LogP) is 5.89. The van der Waals surface area contributed by atoms with Crippen LogP contribution in [0.4, 0.5) is 5.69 Å². The SMILES string of the molecule is CC(Nc1c(Cl)ccc2scnc12)c1ccccc1Br. The van der Waals surface area contributed by atoms with Crippen molar-refractivity contribution in [1.82, 2.24) is 4.98 Å². The third-order valence-corrected chi connectivity index (χ3v) is 5.02. The summed E-state index contributed by atoms with van der Waals surface area (Å²) in [7, 11) is 0. The minimum absolute atomic E-state index is 0.135. The third-order valence-electron chi connectivity index (χ3n) is 3.18. The first-order valence-corrected chi connectivity index (χ1v) is 8.24. The molecular weight excluding hydrogens is 356 g/mol. The standard InChI is InChI=1S/C15H12BrClN2S/c1-9(10-4-2-3-5-11(10)16)19-14-12(17)6-7-13-15(14)18-8-20-13/h2-9,19H,1H3. The zero-order chi connectivity index (χ0) is 14.1. The van der Waals surface area contributed by atoms with Gasteiger partial charge < -0.3 is 5.32 Å². The molecule has 1 heterocycles. The lowest BCUT2D eigenvalue weighted by atomic mass is 10.1. The Hall–Kier alpha value is -1.10. The topological polar surface area (TPSA) is 24.9 Å². The van der Waals surface area contributed by atoms with Gasteiger partial charge in [0.05, 0.1) is 20.9 Å². The van der Waals surface area contributed by atoms with Gasteiger partial charge in [-0.15, -0.1) is 11.3 Å². The van der Waals surface area contributed by atoms with Crippen molar-refractivity contribution < 1.29 is 0 Å². The average Bonchev–Trinajstić information content (AvgIpc) is 2.91. The summed E-state index contributed by atoms with van der Waals surface area (Å²) in [6, 6.07) is 12.2. The van der Waals surface area contributed by atoms with Crippen LogP contribution in [0, 0.1) is 0 Å². The van der Waals surface area contributed by atoms with E-state index in [-0.39, 0.29) is 6.04 Å². The van der Waals surface area contributed by atoms with Crippen molar-refractivity contribution in [1.29, 1.82) is 0 Å². The van der Waals surface area contributed by atoms with Crippen molar-refractivity contribution in [3.05, 3.63) is 57.0 Å². The zero-order valence-corrected chi connectivity index (χ0v) is 13.9. The van der Waals surface area contributed by atoms with E-state index in [4.69, 9.17) is 11.6 Å². The normalized spacial score (nSPS) is 12.6. The Balaban J connectivity index is 1.99. The maximum absolute atomic E-state index is 6.32. The Morgan fingerprint density at radius 3 is 2.85 bits per heavy atom. The summed E-state index contributed by atoms with van der Waals surface area (Å²) in [4.78, 5) is 4.41. The van der Waals surface area contributed by atoms with Gasteiger partial charge in [-0.1, -0.05) is 45.7 Å². The molecule has 0 aliphatic carbocycles. The van der Waals surface area contributed by atoms with Crippen molar-refractivity contribution in [2.45, 2.75) is 13.0 Å². The summed E-state index contributed by atoms with van der Waals surface area (Å²) in [5.74, 6) is 0. The summed E-state index contributed by atoms with van der Waals surface area (Å²) in [6.45, 7) is 2.11. The molecular formula is C15H12BrClN2S. The van der Waals surface area contributed by atoms with Gasteiger partial charge in [-0.25, -0.2) is 4.98 Å². The number of fused-ring (bicyclic) bond motifs is 1. The average molecular weight is 368 g/mol. The number of halogens is 2. The zero-order valence-electron chi connectivity index (χ0n) is 10.7. The number of anilines is 1. The molecule has 0 radical (unpaired) electrons. The van der Waals surface area contributed by atoms with Crippen LogP contribution in [0.1, 0.15) is 18.5 Å². The van der Waals surface area contributed by atoms with Crippen LogP contribution in [-0.4, -0.2) is 4.98 Å². The first-order valence-electron chi connectivity index (χ1n) is 6.19. The van der Waals surface area contributed by atoms with Gasteiger partial charge in [0.1, 0.15) is 5.52 Å². The summed E-state index contributed by atoms with van der Waals surface area (Å²) in [6.07, 6.45) is 0. The number of nitrogens with zero attached hydrogens (tertiary/aromatic N) is 1. The quantitative estimate of drug-likeness (QED) is 0.624. The van der Waals surface area contributed by atoms with Crippen LogP contribution in [-0.2, 0) is 0 Å². The van der Waals surface area contributed by atoms with Gasteiger partial charge in [0.25, 0.3) is 0 Å². The van der Waals surface area contributed by atoms with E-state index in [0.717, 1.165) is 20.4 Å². The third kappa shape index (κ3) is 2.55. The first kappa shape index (κ1) is 13.9. The molecule has 2 aromatic carbocycles. The van der Waals surface area contributed by atoms with Crippen molar-refractivity contribution in [2.75, 3.05) is 5.32 Å². The van der Waals surface area contributed by atoms with E-state index in [2.05, 4.69) is 39.2 Å². The second-order valence-corrected chi connectivity index (χ2v) is 6.66. The molecule has 3 aromatic rings. The van der Waals surface area contributed by atoms with Crippen LogP contribution >= 0.6 is 38.9 Å². The fourth-order valence-electron chi connectivity index (χ4n) is 2.16. The molecule has 2 nitrogen and oxygen atoms in total. The molecule has 0 fully saturated rings. The Kier molecular flexibility index (Phi) is 3.96. The Morgan fingerprint density at radius 2 is 2.05 bits per heavy atom. The highest BCUT2D eigenvalue weighted by Crippen LogP contribution is 2.35. The van der Waals surface area contributed by atoms with Gasteiger partial charge in [-0.05, 0) is 30.7 Å². The van der Waals surface area contributed by atoms with E-state index < -0.39 is 0 Å². The maximum atomic E-state index is 6.32. The van der Waals surface area contributed by atoms with E-state index in [0.29, 0.717) is 5.02 Å². The maximum Gasteiger partial charge on any atom is 0.106 e. The summed E-state index contributed by atoms with van der Waals surface area (Å²) in [5, 5.41) is 4.18. The number of nitrogens with one attached hydrogen (secondary N) is 1. The molecule has 20 heavy (non-hydrogen) atoms. The summed E-state index contributed by atoms with van der Waals surface area (Å²) >= 11 is 11.5. The van der Waals surface area contributed by atoms with Crippen LogP contribution in [0.5, 0.6) is 0 Å².